The third-order valence-corrected chi connectivity index (χ3v) is 6.27. The molecule has 1 aromatic heterocycles. The zero-order valence-corrected chi connectivity index (χ0v) is 16.8. The van der Waals surface area contributed by atoms with E-state index in [0.29, 0.717) is 17.3 Å². The smallest absolute Gasteiger partial charge is 0.255 e. The molecule has 1 aliphatic carbocycles. The minimum Gasteiger partial charge on any atom is -0.359 e. The van der Waals surface area contributed by atoms with Crippen LogP contribution in [0.1, 0.15) is 23.2 Å². The Labute approximate surface area is 167 Å². The van der Waals surface area contributed by atoms with E-state index in [2.05, 4.69) is 15.6 Å². The summed E-state index contributed by atoms with van der Waals surface area (Å²) in [5.74, 6) is -0.263. The highest BCUT2D eigenvalue weighted by Gasteiger charge is 2.22. The maximum absolute atomic E-state index is 12.6. The van der Waals surface area contributed by atoms with Gasteiger partial charge >= 0.3 is 0 Å². The number of nitrogens with one attached hydrogen (secondary N) is 2. The van der Waals surface area contributed by atoms with Crippen LogP contribution in [0.15, 0.2) is 58.8 Å². The van der Waals surface area contributed by atoms with Crippen LogP contribution in [0.25, 0.3) is 11.3 Å². The Bertz CT molecular complexity index is 1120. The van der Waals surface area contributed by atoms with Crippen LogP contribution in [-0.4, -0.2) is 31.6 Å². The molecule has 0 radical (unpaired) electrons. The fourth-order valence-electron chi connectivity index (χ4n) is 2.68. The Morgan fingerprint density at radius 2 is 1.89 bits per heavy atom. The van der Waals surface area contributed by atoms with E-state index >= 15 is 0 Å². The Kier molecular flexibility index (Phi) is 4.91. The second-order valence-corrected chi connectivity index (χ2v) is 9.66. The number of nitrogens with zero attached hydrogens (tertiary/aromatic N) is 1. The molecule has 1 aliphatic rings. The molecule has 1 amide bonds. The standard InChI is InChI=1S/C20H19N3O3S2/c1-28(25,26)17-9-7-15(8-10-17)21-19(24)14-4-2-3-13(11-14)18-12-27-20(23-18)22-16-5-6-16/h2-4,7-12,16H,5-6H2,1H3,(H,21,24)(H,22,23). The third-order valence-electron chi connectivity index (χ3n) is 4.37. The van der Waals surface area contributed by atoms with Crippen molar-refractivity contribution in [2.24, 2.45) is 0 Å². The van der Waals surface area contributed by atoms with Crippen LogP contribution >= 0.6 is 11.3 Å². The van der Waals surface area contributed by atoms with Crippen LogP contribution in [-0.2, 0) is 9.84 Å². The van der Waals surface area contributed by atoms with Gasteiger partial charge in [0.1, 0.15) is 0 Å². The van der Waals surface area contributed by atoms with Gasteiger partial charge in [0.2, 0.25) is 0 Å². The van der Waals surface area contributed by atoms with Gasteiger partial charge in [-0.2, -0.15) is 0 Å². The van der Waals surface area contributed by atoms with Gasteiger partial charge in [0, 0.05) is 34.5 Å². The summed E-state index contributed by atoms with van der Waals surface area (Å²) in [6.45, 7) is 0. The van der Waals surface area contributed by atoms with E-state index in [1.807, 2.05) is 17.5 Å². The molecule has 1 saturated carbocycles. The van der Waals surface area contributed by atoms with Crippen LogP contribution in [0.5, 0.6) is 0 Å². The van der Waals surface area contributed by atoms with Gasteiger partial charge in [0.15, 0.2) is 15.0 Å². The number of aromatic nitrogens is 1. The van der Waals surface area contributed by atoms with Crippen LogP contribution < -0.4 is 10.6 Å². The van der Waals surface area contributed by atoms with Crippen molar-refractivity contribution in [3.8, 4) is 11.3 Å². The van der Waals surface area contributed by atoms with Crippen LogP contribution in [0.3, 0.4) is 0 Å². The normalized spacial score (nSPS) is 13.9. The second-order valence-electron chi connectivity index (χ2n) is 6.79. The van der Waals surface area contributed by atoms with Crippen molar-refractivity contribution in [3.05, 3.63) is 59.5 Å². The van der Waals surface area contributed by atoms with E-state index in [1.165, 1.54) is 25.0 Å². The first-order valence-electron chi connectivity index (χ1n) is 8.82. The fraction of sp³-hybridized carbons (Fsp3) is 0.200. The van der Waals surface area contributed by atoms with Gasteiger partial charge in [0.25, 0.3) is 5.91 Å². The number of sulfone groups is 1. The molecule has 6 nitrogen and oxygen atoms in total. The van der Waals surface area contributed by atoms with Crippen molar-refractivity contribution < 1.29 is 13.2 Å². The summed E-state index contributed by atoms with van der Waals surface area (Å²) in [6.07, 6.45) is 3.53. The van der Waals surface area contributed by atoms with Crippen molar-refractivity contribution in [1.29, 1.82) is 0 Å². The summed E-state index contributed by atoms with van der Waals surface area (Å²) < 4.78 is 23.1. The quantitative estimate of drug-likeness (QED) is 0.637. The molecule has 0 spiro atoms. The average molecular weight is 414 g/mol. The molecule has 28 heavy (non-hydrogen) atoms. The van der Waals surface area contributed by atoms with Gasteiger partial charge < -0.3 is 10.6 Å². The van der Waals surface area contributed by atoms with Crippen molar-refractivity contribution in [1.82, 2.24) is 4.98 Å². The first-order valence-corrected chi connectivity index (χ1v) is 11.6. The van der Waals surface area contributed by atoms with Gasteiger partial charge in [0.05, 0.1) is 10.6 Å². The van der Waals surface area contributed by atoms with Crippen LogP contribution in [0, 0.1) is 0 Å². The number of carbonyl (C=O) groups is 1. The van der Waals surface area contributed by atoms with Crippen molar-refractivity contribution in [3.63, 3.8) is 0 Å². The number of hydrogen-bond acceptors (Lipinski definition) is 6. The molecule has 2 aromatic carbocycles. The summed E-state index contributed by atoms with van der Waals surface area (Å²) in [7, 11) is -3.26. The Morgan fingerprint density at radius 1 is 1.14 bits per heavy atom. The third kappa shape index (κ3) is 4.40. The van der Waals surface area contributed by atoms with Crippen molar-refractivity contribution in [2.45, 2.75) is 23.8 Å². The molecule has 0 unspecified atom stereocenters. The maximum atomic E-state index is 12.6. The first kappa shape index (κ1) is 18.6. The second kappa shape index (κ2) is 7.37. The van der Waals surface area contributed by atoms with E-state index in [1.54, 1.807) is 35.6 Å². The van der Waals surface area contributed by atoms with Crippen molar-refractivity contribution in [2.75, 3.05) is 16.9 Å². The number of rotatable bonds is 6. The maximum Gasteiger partial charge on any atom is 0.255 e. The summed E-state index contributed by atoms with van der Waals surface area (Å²) in [5, 5.41) is 9.05. The van der Waals surface area contributed by atoms with E-state index in [4.69, 9.17) is 0 Å². The van der Waals surface area contributed by atoms with Crippen LogP contribution in [0.4, 0.5) is 10.8 Å². The van der Waals surface area contributed by atoms with Crippen molar-refractivity contribution >= 4 is 37.9 Å². The van der Waals surface area contributed by atoms with E-state index < -0.39 is 9.84 Å². The summed E-state index contributed by atoms with van der Waals surface area (Å²) in [6, 6.07) is 13.9. The number of benzene rings is 2. The molecule has 0 aliphatic heterocycles. The monoisotopic (exact) mass is 413 g/mol. The molecule has 1 heterocycles. The molecule has 4 rings (SSSR count). The number of hydrogen-bond donors (Lipinski definition) is 2. The number of amides is 1. The van der Waals surface area contributed by atoms with E-state index in [9.17, 15) is 13.2 Å². The lowest BCUT2D eigenvalue weighted by Gasteiger charge is -2.07. The highest BCUT2D eigenvalue weighted by atomic mass is 32.2. The lowest BCUT2D eigenvalue weighted by molar-refractivity contribution is 0.102. The van der Waals surface area contributed by atoms with Gasteiger partial charge in [-0.3, -0.25) is 4.79 Å². The Hall–Kier alpha value is -2.71. The Balaban J connectivity index is 1.48. The zero-order chi connectivity index (χ0) is 19.7. The lowest BCUT2D eigenvalue weighted by atomic mass is 10.1. The molecule has 2 N–H and O–H groups in total. The minimum absolute atomic E-state index is 0.214. The predicted octanol–water partition coefficient (Wildman–Crippen LogP) is 4.04. The summed E-state index contributed by atoms with van der Waals surface area (Å²) in [4.78, 5) is 17.4. The molecule has 1 fully saturated rings. The molecule has 3 aromatic rings. The van der Waals surface area contributed by atoms with E-state index in [0.717, 1.165) is 22.6 Å². The lowest BCUT2D eigenvalue weighted by Crippen LogP contribution is -2.12. The molecule has 8 heteroatoms. The summed E-state index contributed by atoms with van der Waals surface area (Å²) in [5.41, 5.74) is 2.75. The van der Waals surface area contributed by atoms with Crippen LogP contribution in [0.2, 0.25) is 0 Å². The summed E-state index contributed by atoms with van der Waals surface area (Å²) >= 11 is 1.56. The molecule has 0 saturated heterocycles. The average Bonchev–Trinajstić information content (AvgIpc) is 3.36. The topological polar surface area (TPSA) is 88.2 Å². The molecular weight excluding hydrogens is 394 g/mol. The van der Waals surface area contributed by atoms with E-state index in [-0.39, 0.29) is 10.8 Å². The highest BCUT2D eigenvalue weighted by molar-refractivity contribution is 7.90. The van der Waals surface area contributed by atoms with Gasteiger partial charge in [-0.1, -0.05) is 12.1 Å². The predicted molar refractivity (Wildman–Crippen MR) is 112 cm³/mol. The fourth-order valence-corrected chi connectivity index (χ4v) is 4.11. The largest absolute Gasteiger partial charge is 0.359 e. The Morgan fingerprint density at radius 3 is 2.57 bits per heavy atom. The molecule has 0 bridgehead atoms. The zero-order valence-electron chi connectivity index (χ0n) is 15.2. The number of thiazole rings is 1. The molecule has 144 valence electrons. The van der Waals surface area contributed by atoms with Gasteiger partial charge in [-0.05, 0) is 49.2 Å². The highest BCUT2D eigenvalue weighted by Crippen LogP contribution is 2.30. The van der Waals surface area contributed by atoms with Gasteiger partial charge in [-0.15, -0.1) is 11.3 Å². The number of anilines is 2. The SMILES string of the molecule is CS(=O)(=O)c1ccc(NC(=O)c2cccc(-c3csc(NC4CC4)n3)c2)cc1. The first-order chi connectivity index (χ1) is 13.4. The van der Waals surface area contributed by atoms with Gasteiger partial charge in [-0.25, -0.2) is 13.4 Å². The minimum atomic E-state index is -3.26. The molecule has 0 atom stereocenters. The number of carbonyl (C=O) groups excluding carboxylic acids is 1. The molecular formula is C20H19N3O3S2.